The van der Waals surface area contributed by atoms with Crippen molar-refractivity contribution in [2.45, 2.75) is 20.3 Å². The van der Waals surface area contributed by atoms with Crippen LogP contribution in [0.15, 0.2) is 12.1 Å². The van der Waals surface area contributed by atoms with E-state index in [-0.39, 0.29) is 0 Å². The van der Waals surface area contributed by atoms with Crippen molar-refractivity contribution in [3.63, 3.8) is 0 Å². The highest BCUT2D eigenvalue weighted by Crippen LogP contribution is 2.44. The Morgan fingerprint density at radius 1 is 0.857 bits per heavy atom. The summed E-state index contributed by atoms with van der Waals surface area (Å²) in [5, 5.41) is 0. The molecular weight excluding hydrogens is 394 g/mol. The fourth-order valence-corrected chi connectivity index (χ4v) is 4.69. The molecule has 2 rings (SSSR count). The van der Waals surface area contributed by atoms with Crippen molar-refractivity contribution in [3.8, 4) is 21.3 Å². The van der Waals surface area contributed by atoms with Crippen molar-refractivity contribution in [1.29, 1.82) is 0 Å². The van der Waals surface area contributed by atoms with E-state index in [1.54, 1.807) is 29.8 Å². The molecule has 0 atom stereocenters. The second-order valence-corrected chi connectivity index (χ2v) is 10.3. The Kier molecular flexibility index (Phi) is 9.24. The summed E-state index contributed by atoms with van der Waals surface area (Å²) in [7, 11) is 8.29. The number of thiophene rings is 2. The third-order valence-corrected chi connectivity index (χ3v) is 6.31. The van der Waals surface area contributed by atoms with Gasteiger partial charge in [-0.1, -0.05) is 0 Å². The number of aryl methyl sites for hydroxylation is 2. The van der Waals surface area contributed by atoms with E-state index in [2.05, 4.69) is 47.1 Å². The van der Waals surface area contributed by atoms with Crippen molar-refractivity contribution in [2.24, 2.45) is 0 Å². The maximum absolute atomic E-state index is 6.05. The first-order valence-corrected chi connectivity index (χ1v) is 11.3. The van der Waals surface area contributed by atoms with E-state index in [0.29, 0.717) is 26.4 Å². The molecule has 0 fully saturated rings. The zero-order valence-corrected chi connectivity index (χ0v) is 19.6. The summed E-state index contributed by atoms with van der Waals surface area (Å²) >= 11 is 3.52. The molecule has 5 nitrogen and oxygen atoms in total. The zero-order valence-electron chi connectivity index (χ0n) is 18.0. The van der Waals surface area contributed by atoms with Gasteiger partial charge in [-0.05, 0) is 19.9 Å². The molecule has 158 valence electrons. The summed E-state index contributed by atoms with van der Waals surface area (Å²) in [6, 6.07) is 4.26. The van der Waals surface area contributed by atoms with Crippen LogP contribution < -0.4 is 9.47 Å². The summed E-state index contributed by atoms with van der Waals surface area (Å²) in [4.78, 5) is 4.82. The lowest BCUT2D eigenvalue weighted by atomic mass is 10.3. The molecular formula is C21H34NO4S2+. The maximum atomic E-state index is 6.05. The van der Waals surface area contributed by atoms with Crippen LogP contribution in [0, 0.1) is 13.8 Å². The van der Waals surface area contributed by atoms with E-state index in [0.717, 1.165) is 35.6 Å². The van der Waals surface area contributed by atoms with Gasteiger partial charge in [0.2, 0.25) is 0 Å². The standard InChI is InChI=1S/C21H34NO4S2/c1-16-14-19(26-13-12-24-11-10-23-6)21(27-16)20-15-18(17(2)28-20)25-9-7-8-22(3,4)5/h14-15H,7-13H2,1-6H3/q+1. The lowest BCUT2D eigenvalue weighted by Gasteiger charge is -2.23. The molecule has 0 aliphatic heterocycles. The van der Waals surface area contributed by atoms with Crippen LogP contribution in [0.2, 0.25) is 0 Å². The van der Waals surface area contributed by atoms with Crippen LogP contribution in [-0.2, 0) is 9.47 Å². The highest BCUT2D eigenvalue weighted by atomic mass is 32.1. The van der Waals surface area contributed by atoms with Crippen molar-refractivity contribution in [1.82, 2.24) is 0 Å². The lowest BCUT2D eigenvalue weighted by molar-refractivity contribution is -0.870. The number of ether oxygens (including phenoxy) is 4. The fraction of sp³-hybridized carbons (Fsp3) is 0.619. The van der Waals surface area contributed by atoms with Gasteiger partial charge in [0.15, 0.2) is 0 Å². The van der Waals surface area contributed by atoms with E-state index < -0.39 is 0 Å². The summed E-state index contributed by atoms with van der Waals surface area (Å²) in [5.41, 5.74) is 0. The van der Waals surface area contributed by atoms with Crippen LogP contribution in [0.1, 0.15) is 16.2 Å². The SMILES string of the molecule is COCCOCCOc1cc(C)sc1-c1cc(OCCC[N+](C)(C)C)c(C)s1. The molecule has 0 saturated heterocycles. The summed E-state index contributed by atoms with van der Waals surface area (Å²) < 4.78 is 23.5. The molecule has 0 spiro atoms. The summed E-state index contributed by atoms with van der Waals surface area (Å²) in [5.74, 6) is 1.91. The molecule has 0 unspecified atom stereocenters. The van der Waals surface area contributed by atoms with Gasteiger partial charge in [-0.15, -0.1) is 22.7 Å². The quantitative estimate of drug-likeness (QED) is 0.345. The monoisotopic (exact) mass is 428 g/mol. The number of nitrogens with zero attached hydrogens (tertiary/aromatic N) is 1. The van der Waals surface area contributed by atoms with Gasteiger partial charge in [0.05, 0.1) is 63.9 Å². The van der Waals surface area contributed by atoms with E-state index in [9.17, 15) is 0 Å². The van der Waals surface area contributed by atoms with Crippen LogP contribution in [-0.4, -0.2) is 72.3 Å². The molecule has 2 aromatic rings. The molecule has 28 heavy (non-hydrogen) atoms. The van der Waals surface area contributed by atoms with E-state index >= 15 is 0 Å². The first kappa shape index (κ1) is 23.2. The largest absolute Gasteiger partial charge is 0.492 e. The molecule has 0 bridgehead atoms. The topological polar surface area (TPSA) is 36.9 Å². The van der Waals surface area contributed by atoms with Gasteiger partial charge in [0.1, 0.15) is 18.1 Å². The van der Waals surface area contributed by atoms with Crippen LogP contribution in [0.5, 0.6) is 11.5 Å². The lowest BCUT2D eigenvalue weighted by Crippen LogP contribution is -2.35. The highest BCUT2D eigenvalue weighted by Gasteiger charge is 2.16. The molecule has 0 N–H and O–H groups in total. The second kappa shape index (κ2) is 11.2. The highest BCUT2D eigenvalue weighted by molar-refractivity contribution is 7.22. The van der Waals surface area contributed by atoms with E-state index in [1.807, 2.05) is 0 Å². The Hall–Kier alpha value is -1.12. The van der Waals surface area contributed by atoms with Crippen LogP contribution in [0.25, 0.3) is 9.75 Å². The van der Waals surface area contributed by atoms with Gasteiger partial charge in [-0.2, -0.15) is 0 Å². The average Bonchev–Trinajstić information content (AvgIpc) is 3.16. The van der Waals surface area contributed by atoms with Crippen LogP contribution >= 0.6 is 22.7 Å². The van der Waals surface area contributed by atoms with Gasteiger partial charge < -0.3 is 23.4 Å². The second-order valence-electron chi connectivity index (χ2n) is 7.75. The van der Waals surface area contributed by atoms with E-state index in [4.69, 9.17) is 18.9 Å². The molecule has 2 aromatic heterocycles. The first-order valence-electron chi connectivity index (χ1n) is 9.64. The Morgan fingerprint density at radius 3 is 2.29 bits per heavy atom. The molecule has 0 aromatic carbocycles. The molecule has 2 heterocycles. The van der Waals surface area contributed by atoms with E-state index in [1.165, 1.54) is 19.5 Å². The van der Waals surface area contributed by atoms with Crippen LogP contribution in [0.3, 0.4) is 0 Å². The molecule has 0 aliphatic carbocycles. The third kappa shape index (κ3) is 7.72. The minimum atomic E-state index is 0.533. The van der Waals surface area contributed by atoms with Gasteiger partial charge in [-0.3, -0.25) is 0 Å². The fourth-order valence-electron chi connectivity index (χ4n) is 2.67. The Morgan fingerprint density at radius 2 is 1.57 bits per heavy atom. The molecule has 0 aliphatic rings. The van der Waals surface area contributed by atoms with Gasteiger partial charge in [0.25, 0.3) is 0 Å². The number of hydrogen-bond acceptors (Lipinski definition) is 6. The zero-order chi connectivity index (χ0) is 20.6. The number of hydrogen-bond donors (Lipinski definition) is 0. The van der Waals surface area contributed by atoms with Crippen molar-refractivity contribution < 1.29 is 23.4 Å². The van der Waals surface area contributed by atoms with Gasteiger partial charge in [0, 0.05) is 29.4 Å². The molecule has 0 radical (unpaired) electrons. The Balaban J connectivity index is 1.94. The average molecular weight is 429 g/mol. The number of methoxy groups -OCH3 is 1. The minimum Gasteiger partial charge on any atom is -0.492 e. The summed E-state index contributed by atoms with van der Waals surface area (Å²) in [6.45, 7) is 8.37. The predicted octanol–water partition coefficient (Wildman–Crippen LogP) is 4.61. The molecule has 0 saturated carbocycles. The van der Waals surface area contributed by atoms with Gasteiger partial charge in [-0.25, -0.2) is 0 Å². The van der Waals surface area contributed by atoms with Gasteiger partial charge >= 0.3 is 0 Å². The minimum absolute atomic E-state index is 0.533. The number of rotatable bonds is 13. The first-order chi connectivity index (χ1) is 13.3. The van der Waals surface area contributed by atoms with Crippen LogP contribution in [0.4, 0.5) is 0 Å². The Labute approximate surface area is 177 Å². The predicted molar refractivity (Wildman–Crippen MR) is 118 cm³/mol. The molecule has 0 amide bonds. The van der Waals surface area contributed by atoms with Crippen molar-refractivity contribution in [3.05, 3.63) is 21.9 Å². The molecule has 7 heteroatoms. The third-order valence-electron chi connectivity index (χ3n) is 4.07. The normalized spacial score (nSPS) is 11.8. The maximum Gasteiger partial charge on any atom is 0.139 e. The van der Waals surface area contributed by atoms with Crippen molar-refractivity contribution >= 4 is 22.7 Å². The Bertz CT molecular complexity index is 719. The smallest absolute Gasteiger partial charge is 0.139 e. The summed E-state index contributed by atoms with van der Waals surface area (Å²) in [6.07, 6.45) is 1.05. The number of quaternary nitrogens is 1. The van der Waals surface area contributed by atoms with Crippen molar-refractivity contribution in [2.75, 3.05) is 67.8 Å².